The minimum atomic E-state index is -0.318. The van der Waals surface area contributed by atoms with Crippen LogP contribution < -0.4 is 10.6 Å². The standard InChI is InChI=1S/C11H22N2O3.ClH/c1-11(2,8-15-3)13-10(14)6-9-7-16-5-4-12-9;/h9,12H,4-8H2,1-3H3,(H,13,14);1H. The summed E-state index contributed by atoms with van der Waals surface area (Å²) < 4.78 is 10.3. The second kappa shape index (κ2) is 7.87. The van der Waals surface area contributed by atoms with Gasteiger partial charge in [0.25, 0.3) is 0 Å². The highest BCUT2D eigenvalue weighted by atomic mass is 35.5. The highest BCUT2D eigenvalue weighted by Crippen LogP contribution is 2.04. The van der Waals surface area contributed by atoms with Crippen molar-refractivity contribution in [1.82, 2.24) is 10.6 Å². The van der Waals surface area contributed by atoms with E-state index in [1.54, 1.807) is 7.11 Å². The molecule has 5 nitrogen and oxygen atoms in total. The summed E-state index contributed by atoms with van der Waals surface area (Å²) in [4.78, 5) is 11.7. The quantitative estimate of drug-likeness (QED) is 0.753. The van der Waals surface area contributed by atoms with Crippen LogP contribution in [0.25, 0.3) is 0 Å². The summed E-state index contributed by atoms with van der Waals surface area (Å²) in [6, 6.07) is 0.132. The number of ether oxygens (including phenoxy) is 2. The number of morpholine rings is 1. The predicted molar refractivity (Wildman–Crippen MR) is 68.6 cm³/mol. The molecule has 0 spiro atoms. The summed E-state index contributed by atoms with van der Waals surface area (Å²) in [7, 11) is 1.63. The van der Waals surface area contributed by atoms with Gasteiger partial charge < -0.3 is 20.1 Å². The molecule has 0 aliphatic carbocycles. The molecule has 0 aromatic rings. The molecule has 1 rings (SSSR count). The first-order valence-electron chi connectivity index (χ1n) is 5.64. The van der Waals surface area contributed by atoms with E-state index in [0.29, 0.717) is 19.6 Å². The topological polar surface area (TPSA) is 59.6 Å². The first-order chi connectivity index (χ1) is 7.53. The van der Waals surface area contributed by atoms with Crippen molar-refractivity contribution in [1.29, 1.82) is 0 Å². The molecular weight excluding hydrogens is 244 g/mol. The fraction of sp³-hybridized carbons (Fsp3) is 0.909. The van der Waals surface area contributed by atoms with Crippen LogP contribution >= 0.6 is 12.4 Å². The van der Waals surface area contributed by atoms with Crippen LogP contribution in [0.4, 0.5) is 0 Å². The average Bonchev–Trinajstić information content (AvgIpc) is 2.17. The molecule has 1 amide bonds. The molecule has 1 aliphatic rings. The molecule has 0 aromatic heterocycles. The lowest BCUT2D eigenvalue weighted by Crippen LogP contribution is -2.50. The maximum absolute atomic E-state index is 11.7. The molecule has 1 atom stereocenters. The SMILES string of the molecule is COCC(C)(C)NC(=O)CC1COCCN1.Cl. The van der Waals surface area contributed by atoms with Gasteiger partial charge in [-0.25, -0.2) is 0 Å². The second-order valence-corrected chi connectivity index (χ2v) is 4.80. The minimum Gasteiger partial charge on any atom is -0.382 e. The number of amides is 1. The minimum absolute atomic E-state index is 0. The van der Waals surface area contributed by atoms with Gasteiger partial charge in [0.1, 0.15) is 0 Å². The number of rotatable bonds is 5. The Hall–Kier alpha value is -0.360. The van der Waals surface area contributed by atoms with Gasteiger partial charge in [-0.1, -0.05) is 0 Å². The van der Waals surface area contributed by atoms with E-state index < -0.39 is 0 Å². The molecule has 0 bridgehead atoms. The zero-order chi connectivity index (χ0) is 12.0. The van der Waals surface area contributed by atoms with Gasteiger partial charge >= 0.3 is 0 Å². The second-order valence-electron chi connectivity index (χ2n) is 4.80. The van der Waals surface area contributed by atoms with Gasteiger partial charge in [0, 0.05) is 26.1 Å². The summed E-state index contributed by atoms with van der Waals surface area (Å²) in [6.45, 7) is 6.55. The van der Waals surface area contributed by atoms with E-state index in [4.69, 9.17) is 9.47 Å². The summed E-state index contributed by atoms with van der Waals surface area (Å²) in [5.41, 5.74) is -0.318. The Morgan fingerprint density at radius 2 is 2.29 bits per heavy atom. The zero-order valence-electron chi connectivity index (χ0n) is 10.7. The molecule has 6 heteroatoms. The van der Waals surface area contributed by atoms with Crippen LogP contribution in [0.5, 0.6) is 0 Å². The molecule has 1 saturated heterocycles. The van der Waals surface area contributed by atoms with Crippen molar-refractivity contribution in [2.75, 3.05) is 33.5 Å². The first kappa shape index (κ1) is 16.6. The van der Waals surface area contributed by atoms with Crippen molar-refractivity contribution in [2.24, 2.45) is 0 Å². The van der Waals surface area contributed by atoms with Crippen LogP contribution in [0.3, 0.4) is 0 Å². The molecule has 1 unspecified atom stereocenters. The van der Waals surface area contributed by atoms with E-state index in [1.807, 2.05) is 13.8 Å². The van der Waals surface area contributed by atoms with Gasteiger partial charge in [0.2, 0.25) is 5.91 Å². The Balaban J connectivity index is 0.00000256. The number of carbonyl (C=O) groups is 1. The van der Waals surface area contributed by atoms with Crippen LogP contribution in [-0.2, 0) is 14.3 Å². The monoisotopic (exact) mass is 266 g/mol. The number of hydrogen-bond acceptors (Lipinski definition) is 4. The van der Waals surface area contributed by atoms with E-state index in [0.717, 1.165) is 13.2 Å². The van der Waals surface area contributed by atoms with Gasteiger partial charge in [-0.05, 0) is 13.8 Å². The normalized spacial score (nSPS) is 20.5. The van der Waals surface area contributed by atoms with E-state index in [2.05, 4.69) is 10.6 Å². The predicted octanol–water partition coefficient (Wildman–Crippen LogP) is 0.328. The summed E-state index contributed by atoms with van der Waals surface area (Å²) in [6.07, 6.45) is 0.452. The van der Waals surface area contributed by atoms with Crippen LogP contribution in [0.1, 0.15) is 20.3 Å². The Labute approximate surface area is 109 Å². The Morgan fingerprint density at radius 3 is 2.82 bits per heavy atom. The number of methoxy groups -OCH3 is 1. The molecule has 0 aromatic carbocycles. The third-order valence-corrected chi connectivity index (χ3v) is 2.41. The van der Waals surface area contributed by atoms with Crippen molar-refractivity contribution in [2.45, 2.75) is 31.8 Å². The average molecular weight is 267 g/mol. The maximum atomic E-state index is 11.7. The number of halogens is 1. The van der Waals surface area contributed by atoms with Crippen LogP contribution in [0.2, 0.25) is 0 Å². The van der Waals surface area contributed by atoms with E-state index in [9.17, 15) is 4.79 Å². The Kier molecular flexibility index (Phi) is 7.70. The molecule has 1 heterocycles. The lowest BCUT2D eigenvalue weighted by Gasteiger charge is -2.28. The lowest BCUT2D eigenvalue weighted by atomic mass is 10.1. The summed E-state index contributed by atoms with van der Waals surface area (Å²) in [5.74, 6) is 0.0325. The third-order valence-electron chi connectivity index (χ3n) is 2.41. The van der Waals surface area contributed by atoms with Crippen molar-refractivity contribution < 1.29 is 14.3 Å². The van der Waals surface area contributed by atoms with Crippen molar-refractivity contribution >= 4 is 18.3 Å². The molecule has 1 fully saturated rings. The first-order valence-corrected chi connectivity index (χ1v) is 5.64. The lowest BCUT2D eigenvalue weighted by molar-refractivity contribution is -0.124. The third kappa shape index (κ3) is 6.83. The van der Waals surface area contributed by atoms with E-state index >= 15 is 0 Å². The van der Waals surface area contributed by atoms with Gasteiger partial charge in [-0.15, -0.1) is 12.4 Å². The van der Waals surface area contributed by atoms with Gasteiger partial charge in [-0.2, -0.15) is 0 Å². The Morgan fingerprint density at radius 1 is 1.59 bits per heavy atom. The van der Waals surface area contributed by atoms with Crippen molar-refractivity contribution in [3.63, 3.8) is 0 Å². The zero-order valence-corrected chi connectivity index (χ0v) is 11.6. The number of carbonyl (C=O) groups excluding carboxylic acids is 1. The highest BCUT2D eigenvalue weighted by molar-refractivity contribution is 5.85. The van der Waals surface area contributed by atoms with Crippen LogP contribution in [0.15, 0.2) is 0 Å². The molecule has 102 valence electrons. The maximum Gasteiger partial charge on any atom is 0.222 e. The van der Waals surface area contributed by atoms with Crippen molar-refractivity contribution in [3.8, 4) is 0 Å². The molecular formula is C11H23ClN2O3. The molecule has 2 N–H and O–H groups in total. The smallest absolute Gasteiger partial charge is 0.222 e. The molecule has 1 aliphatic heterocycles. The van der Waals surface area contributed by atoms with Gasteiger partial charge in [0.05, 0.1) is 25.4 Å². The molecule has 0 radical (unpaired) electrons. The van der Waals surface area contributed by atoms with Gasteiger partial charge in [-0.3, -0.25) is 4.79 Å². The van der Waals surface area contributed by atoms with Crippen molar-refractivity contribution in [3.05, 3.63) is 0 Å². The van der Waals surface area contributed by atoms with E-state index in [-0.39, 0.29) is 29.9 Å². The Bertz CT molecular complexity index is 231. The van der Waals surface area contributed by atoms with E-state index in [1.165, 1.54) is 0 Å². The summed E-state index contributed by atoms with van der Waals surface area (Å²) >= 11 is 0. The number of nitrogens with one attached hydrogen (secondary N) is 2. The van der Waals surface area contributed by atoms with Crippen LogP contribution in [-0.4, -0.2) is 51.0 Å². The highest BCUT2D eigenvalue weighted by Gasteiger charge is 2.23. The fourth-order valence-corrected chi connectivity index (χ4v) is 1.80. The fourth-order valence-electron chi connectivity index (χ4n) is 1.80. The number of hydrogen-bond donors (Lipinski definition) is 2. The van der Waals surface area contributed by atoms with Gasteiger partial charge in [0.15, 0.2) is 0 Å². The molecule has 0 saturated carbocycles. The van der Waals surface area contributed by atoms with Crippen LogP contribution in [0, 0.1) is 0 Å². The largest absolute Gasteiger partial charge is 0.382 e. The summed E-state index contributed by atoms with van der Waals surface area (Å²) in [5, 5.41) is 6.20. The molecule has 17 heavy (non-hydrogen) atoms.